The maximum Gasteiger partial charge on any atom is 0.416 e. The summed E-state index contributed by atoms with van der Waals surface area (Å²) in [6.45, 7) is 0. The molecule has 3 aromatic rings. The van der Waals surface area contributed by atoms with E-state index >= 15 is 0 Å². The normalized spacial score (nSPS) is 12.0. The van der Waals surface area contributed by atoms with Crippen molar-refractivity contribution in [3.05, 3.63) is 88.7 Å². The van der Waals surface area contributed by atoms with Crippen LogP contribution in [0.4, 0.5) is 13.2 Å². The van der Waals surface area contributed by atoms with Gasteiger partial charge in [-0.05, 0) is 60.2 Å². The first-order valence-electron chi connectivity index (χ1n) is 7.61. The number of nitrogens with zero attached hydrogens (tertiary/aromatic N) is 2. The van der Waals surface area contributed by atoms with Crippen molar-refractivity contribution in [1.82, 2.24) is 4.57 Å². The number of halogens is 4. The van der Waals surface area contributed by atoms with Crippen molar-refractivity contribution in [3.8, 4) is 11.8 Å². The van der Waals surface area contributed by atoms with Crippen LogP contribution in [0.3, 0.4) is 0 Å². The summed E-state index contributed by atoms with van der Waals surface area (Å²) in [6, 6.07) is 17.4. The number of hydrogen-bond acceptors (Lipinski definition) is 1. The monoisotopic (exact) mass is 372 g/mol. The van der Waals surface area contributed by atoms with Gasteiger partial charge in [-0.25, -0.2) is 0 Å². The van der Waals surface area contributed by atoms with Crippen LogP contribution in [0, 0.1) is 11.3 Å². The van der Waals surface area contributed by atoms with Gasteiger partial charge in [0.15, 0.2) is 0 Å². The third kappa shape index (κ3) is 3.81. The second-order valence-electron chi connectivity index (χ2n) is 5.52. The van der Waals surface area contributed by atoms with Crippen LogP contribution in [0.1, 0.15) is 16.8 Å². The average Bonchev–Trinajstić information content (AvgIpc) is 3.08. The van der Waals surface area contributed by atoms with Crippen LogP contribution in [-0.2, 0) is 6.18 Å². The third-order valence-corrected chi connectivity index (χ3v) is 4.07. The third-order valence-electron chi connectivity index (χ3n) is 3.82. The summed E-state index contributed by atoms with van der Waals surface area (Å²) in [4.78, 5) is 0. The van der Waals surface area contributed by atoms with Crippen LogP contribution in [0.5, 0.6) is 0 Å². The van der Waals surface area contributed by atoms with Gasteiger partial charge < -0.3 is 4.57 Å². The highest BCUT2D eigenvalue weighted by Gasteiger charge is 2.30. The molecule has 0 saturated carbocycles. The number of allylic oxidation sites excluding steroid dienone is 1. The Balaban J connectivity index is 1.97. The Morgan fingerprint density at radius 1 is 1.00 bits per heavy atom. The second-order valence-corrected chi connectivity index (χ2v) is 5.96. The van der Waals surface area contributed by atoms with Crippen molar-refractivity contribution in [3.63, 3.8) is 0 Å². The van der Waals surface area contributed by atoms with Crippen LogP contribution >= 0.6 is 11.6 Å². The standard InChI is InChI=1S/C20H12ClF3N2/c21-17-7-9-18(10-8-17)26-11-1-2-19(26)12-15(13-25)14-3-5-16(6-4-14)20(22,23)24/h1-12H/b15-12-. The molecule has 2 aromatic carbocycles. The van der Waals surface area contributed by atoms with E-state index in [0.717, 1.165) is 23.5 Å². The zero-order valence-corrected chi connectivity index (χ0v) is 14.1. The smallest absolute Gasteiger partial charge is 0.317 e. The van der Waals surface area contributed by atoms with E-state index in [1.807, 2.05) is 41.1 Å². The molecular formula is C20H12ClF3N2. The SMILES string of the molecule is N#C/C(=C/c1cccn1-c1ccc(Cl)cc1)c1ccc(C(F)(F)F)cc1. The average molecular weight is 373 g/mol. The molecule has 0 amide bonds. The molecule has 130 valence electrons. The van der Waals surface area contributed by atoms with E-state index < -0.39 is 11.7 Å². The Kier molecular flexibility index (Phi) is 4.88. The number of nitriles is 1. The van der Waals surface area contributed by atoms with E-state index in [-0.39, 0.29) is 5.57 Å². The number of alkyl halides is 3. The van der Waals surface area contributed by atoms with Crippen LogP contribution < -0.4 is 0 Å². The lowest BCUT2D eigenvalue weighted by Gasteiger charge is -2.09. The maximum atomic E-state index is 12.7. The summed E-state index contributed by atoms with van der Waals surface area (Å²) < 4.78 is 39.9. The maximum absolute atomic E-state index is 12.7. The van der Waals surface area contributed by atoms with Gasteiger partial charge in [0.2, 0.25) is 0 Å². The predicted octanol–water partition coefficient (Wildman–Crippen LogP) is 6.21. The first kappa shape index (κ1) is 17.8. The van der Waals surface area contributed by atoms with Gasteiger partial charge in [0.25, 0.3) is 0 Å². The molecule has 3 rings (SSSR count). The van der Waals surface area contributed by atoms with Crippen molar-refractivity contribution >= 4 is 23.3 Å². The van der Waals surface area contributed by atoms with Crippen LogP contribution in [0.25, 0.3) is 17.3 Å². The Hall–Kier alpha value is -2.97. The minimum Gasteiger partial charge on any atom is -0.317 e. The molecule has 1 aromatic heterocycles. The highest BCUT2D eigenvalue weighted by atomic mass is 35.5. The summed E-state index contributed by atoms with van der Waals surface area (Å²) in [5.41, 5.74) is 1.53. The molecule has 1 heterocycles. The first-order chi connectivity index (χ1) is 12.4. The molecule has 26 heavy (non-hydrogen) atoms. The molecule has 0 spiro atoms. The first-order valence-corrected chi connectivity index (χ1v) is 7.99. The van der Waals surface area contributed by atoms with E-state index in [2.05, 4.69) is 0 Å². The van der Waals surface area contributed by atoms with Gasteiger partial charge in [0.05, 0.1) is 17.2 Å². The number of rotatable bonds is 3. The van der Waals surface area contributed by atoms with Crippen molar-refractivity contribution < 1.29 is 13.2 Å². The lowest BCUT2D eigenvalue weighted by Crippen LogP contribution is -2.04. The molecule has 2 nitrogen and oxygen atoms in total. The number of hydrogen-bond donors (Lipinski definition) is 0. The van der Waals surface area contributed by atoms with Crippen molar-refractivity contribution in [1.29, 1.82) is 5.26 Å². The van der Waals surface area contributed by atoms with Crippen molar-refractivity contribution in [2.75, 3.05) is 0 Å². The summed E-state index contributed by atoms with van der Waals surface area (Å²) in [6.07, 6.45) is -0.938. The molecule has 0 aliphatic rings. The van der Waals surface area contributed by atoms with E-state index in [1.54, 1.807) is 18.2 Å². The zero-order chi connectivity index (χ0) is 18.7. The van der Waals surface area contributed by atoms with Gasteiger partial charge in [0, 0.05) is 22.6 Å². The molecule has 0 fully saturated rings. The summed E-state index contributed by atoms with van der Waals surface area (Å²) in [5, 5.41) is 10.0. The number of benzene rings is 2. The highest BCUT2D eigenvalue weighted by Crippen LogP contribution is 2.30. The van der Waals surface area contributed by atoms with Gasteiger partial charge in [-0.3, -0.25) is 0 Å². The quantitative estimate of drug-likeness (QED) is 0.502. The van der Waals surface area contributed by atoms with Gasteiger partial charge in [-0.1, -0.05) is 23.7 Å². The molecule has 0 saturated heterocycles. The van der Waals surface area contributed by atoms with E-state index in [4.69, 9.17) is 11.6 Å². The molecule has 0 unspecified atom stereocenters. The minimum absolute atomic E-state index is 0.271. The predicted molar refractivity (Wildman–Crippen MR) is 95.7 cm³/mol. The van der Waals surface area contributed by atoms with Gasteiger partial charge in [-0.15, -0.1) is 0 Å². The van der Waals surface area contributed by atoms with E-state index in [9.17, 15) is 18.4 Å². The highest BCUT2D eigenvalue weighted by molar-refractivity contribution is 6.30. The summed E-state index contributed by atoms with van der Waals surface area (Å²) >= 11 is 5.90. The number of aromatic nitrogens is 1. The molecule has 0 N–H and O–H groups in total. The topological polar surface area (TPSA) is 28.7 Å². The lowest BCUT2D eigenvalue weighted by atomic mass is 10.0. The van der Waals surface area contributed by atoms with Gasteiger partial charge in [0.1, 0.15) is 0 Å². The van der Waals surface area contributed by atoms with Crippen LogP contribution in [-0.4, -0.2) is 4.57 Å². The summed E-state index contributed by atoms with van der Waals surface area (Å²) in [7, 11) is 0. The Bertz CT molecular complexity index is 976. The van der Waals surface area contributed by atoms with Crippen LogP contribution in [0.2, 0.25) is 5.02 Å². The van der Waals surface area contributed by atoms with Crippen molar-refractivity contribution in [2.24, 2.45) is 0 Å². The van der Waals surface area contributed by atoms with Gasteiger partial charge >= 0.3 is 6.18 Å². The fourth-order valence-electron chi connectivity index (χ4n) is 2.52. The molecule has 0 aliphatic heterocycles. The largest absolute Gasteiger partial charge is 0.416 e. The van der Waals surface area contributed by atoms with E-state index in [1.165, 1.54) is 12.1 Å². The molecule has 0 aliphatic carbocycles. The molecule has 0 radical (unpaired) electrons. The molecular weight excluding hydrogens is 361 g/mol. The molecule has 6 heteroatoms. The summed E-state index contributed by atoms with van der Waals surface area (Å²) in [5.74, 6) is 0. The molecule has 0 atom stereocenters. The van der Waals surface area contributed by atoms with Gasteiger partial charge in [-0.2, -0.15) is 18.4 Å². The Morgan fingerprint density at radius 2 is 1.65 bits per heavy atom. The molecule has 0 bridgehead atoms. The minimum atomic E-state index is -4.40. The Morgan fingerprint density at radius 3 is 2.23 bits per heavy atom. The second kappa shape index (κ2) is 7.11. The Labute approximate surface area is 153 Å². The fraction of sp³-hybridized carbons (Fsp3) is 0.0500. The fourth-order valence-corrected chi connectivity index (χ4v) is 2.64. The lowest BCUT2D eigenvalue weighted by molar-refractivity contribution is -0.137. The van der Waals surface area contributed by atoms with Crippen molar-refractivity contribution in [2.45, 2.75) is 6.18 Å². The zero-order valence-electron chi connectivity index (χ0n) is 13.3. The van der Waals surface area contributed by atoms with Crippen LogP contribution in [0.15, 0.2) is 66.9 Å². The van der Waals surface area contributed by atoms with E-state index in [0.29, 0.717) is 10.6 Å².